The van der Waals surface area contributed by atoms with Crippen LogP contribution in [0.5, 0.6) is 0 Å². The largest absolute Gasteiger partial charge is 0.206 e. The smallest absolute Gasteiger partial charge is 0.131 e. The number of rotatable bonds is 6. The molecule has 1 aliphatic carbocycles. The normalized spacial score (nSPS) is 19.0. The quantitative estimate of drug-likeness (QED) is 0.390. The van der Waals surface area contributed by atoms with Crippen molar-refractivity contribution in [2.45, 2.75) is 64.7 Å². The molecule has 0 radical (unpaired) electrons. The first-order valence-corrected chi connectivity index (χ1v) is 11.6. The molecule has 0 unspecified atom stereocenters. The molecule has 1 saturated carbocycles. The van der Waals surface area contributed by atoms with Crippen molar-refractivity contribution in [2.24, 2.45) is 5.92 Å². The third-order valence-electron chi connectivity index (χ3n) is 6.98. The molecule has 0 bridgehead atoms. The van der Waals surface area contributed by atoms with E-state index in [1.807, 2.05) is 6.07 Å². The molecule has 0 heterocycles. The molecule has 30 heavy (non-hydrogen) atoms. The Morgan fingerprint density at radius 1 is 0.767 bits per heavy atom. The minimum atomic E-state index is -0.0856. The summed E-state index contributed by atoms with van der Waals surface area (Å²) in [6.45, 7) is 4.40. The molecular formula is C29H33F. The molecule has 156 valence electrons. The van der Waals surface area contributed by atoms with Crippen molar-refractivity contribution in [3.05, 3.63) is 94.8 Å². The van der Waals surface area contributed by atoms with Crippen molar-refractivity contribution in [3.63, 3.8) is 0 Å². The van der Waals surface area contributed by atoms with Crippen LogP contribution in [-0.2, 0) is 12.8 Å². The van der Waals surface area contributed by atoms with E-state index in [0.717, 1.165) is 24.3 Å². The van der Waals surface area contributed by atoms with E-state index >= 15 is 0 Å². The molecule has 0 nitrogen and oxygen atoms in total. The zero-order valence-corrected chi connectivity index (χ0v) is 18.3. The molecular weight excluding hydrogens is 367 g/mol. The Morgan fingerprint density at radius 2 is 1.37 bits per heavy atom. The van der Waals surface area contributed by atoms with E-state index in [2.05, 4.69) is 68.4 Å². The highest BCUT2D eigenvalue weighted by atomic mass is 19.1. The van der Waals surface area contributed by atoms with Crippen molar-refractivity contribution in [3.8, 4) is 11.1 Å². The van der Waals surface area contributed by atoms with Crippen molar-refractivity contribution >= 4 is 0 Å². The summed E-state index contributed by atoms with van der Waals surface area (Å²) in [5.74, 6) is 1.31. The Bertz CT molecular complexity index is 945. The highest BCUT2D eigenvalue weighted by molar-refractivity contribution is 5.65. The zero-order valence-electron chi connectivity index (χ0n) is 18.3. The van der Waals surface area contributed by atoms with Crippen molar-refractivity contribution in [2.75, 3.05) is 0 Å². The summed E-state index contributed by atoms with van der Waals surface area (Å²) in [6.07, 6.45) is 8.29. The number of benzene rings is 3. The van der Waals surface area contributed by atoms with Crippen LogP contribution in [0.3, 0.4) is 0 Å². The summed E-state index contributed by atoms with van der Waals surface area (Å²) >= 11 is 0. The van der Waals surface area contributed by atoms with Crippen LogP contribution in [-0.4, -0.2) is 0 Å². The average Bonchev–Trinajstić information content (AvgIpc) is 2.79. The summed E-state index contributed by atoms with van der Waals surface area (Å²) in [5.41, 5.74) is 6.81. The molecule has 1 heteroatoms. The van der Waals surface area contributed by atoms with Crippen LogP contribution in [0.25, 0.3) is 11.1 Å². The van der Waals surface area contributed by atoms with E-state index in [9.17, 15) is 4.39 Å². The molecule has 0 spiro atoms. The summed E-state index contributed by atoms with van der Waals surface area (Å²) in [6, 6.07) is 23.1. The van der Waals surface area contributed by atoms with Crippen molar-refractivity contribution in [1.82, 2.24) is 0 Å². The predicted molar refractivity (Wildman–Crippen MR) is 125 cm³/mol. The van der Waals surface area contributed by atoms with Gasteiger partial charge in [-0.15, -0.1) is 0 Å². The Labute approximate surface area is 181 Å². The van der Waals surface area contributed by atoms with Crippen LogP contribution < -0.4 is 0 Å². The van der Waals surface area contributed by atoms with Gasteiger partial charge in [-0.05, 0) is 85.6 Å². The first-order valence-electron chi connectivity index (χ1n) is 11.6. The topological polar surface area (TPSA) is 0 Å². The van der Waals surface area contributed by atoms with E-state index in [1.165, 1.54) is 54.4 Å². The minimum absolute atomic E-state index is 0.0856. The van der Waals surface area contributed by atoms with E-state index in [4.69, 9.17) is 0 Å². The molecule has 0 aromatic heterocycles. The van der Waals surface area contributed by atoms with Gasteiger partial charge in [0.05, 0.1) is 0 Å². The fraction of sp³-hybridized carbons (Fsp3) is 0.379. The molecule has 3 aromatic carbocycles. The van der Waals surface area contributed by atoms with Gasteiger partial charge >= 0.3 is 0 Å². The van der Waals surface area contributed by atoms with Gasteiger partial charge in [-0.2, -0.15) is 0 Å². The molecule has 4 rings (SSSR count). The van der Waals surface area contributed by atoms with Gasteiger partial charge in [0.2, 0.25) is 0 Å². The highest BCUT2D eigenvalue weighted by Gasteiger charge is 2.22. The van der Waals surface area contributed by atoms with E-state index in [1.54, 1.807) is 6.07 Å². The first-order chi connectivity index (χ1) is 14.6. The Hall–Kier alpha value is -2.41. The molecule has 1 aliphatic rings. The molecule has 0 N–H and O–H groups in total. The van der Waals surface area contributed by atoms with Crippen molar-refractivity contribution in [1.29, 1.82) is 0 Å². The van der Waals surface area contributed by atoms with E-state index < -0.39 is 0 Å². The maximum atomic E-state index is 14.9. The SMILES string of the molecule is CCC1CCC(c2ccc(-c3ccc(CCc4ccc(C)cc4)cc3)c(F)c2)CC1. The second kappa shape index (κ2) is 9.60. The zero-order chi connectivity index (χ0) is 20.9. The van der Waals surface area contributed by atoms with Crippen LogP contribution >= 0.6 is 0 Å². The van der Waals surface area contributed by atoms with Gasteiger partial charge < -0.3 is 0 Å². The molecule has 0 aliphatic heterocycles. The van der Waals surface area contributed by atoms with Crippen LogP contribution in [0, 0.1) is 18.7 Å². The van der Waals surface area contributed by atoms with Crippen molar-refractivity contribution < 1.29 is 4.39 Å². The molecule has 0 atom stereocenters. The second-order valence-electron chi connectivity index (χ2n) is 9.05. The monoisotopic (exact) mass is 400 g/mol. The fourth-order valence-corrected chi connectivity index (χ4v) is 4.82. The van der Waals surface area contributed by atoms with Crippen LogP contribution in [0.15, 0.2) is 66.7 Å². The van der Waals surface area contributed by atoms with Gasteiger partial charge in [-0.25, -0.2) is 4.39 Å². The van der Waals surface area contributed by atoms with E-state index in [0.29, 0.717) is 11.5 Å². The average molecular weight is 401 g/mol. The van der Waals surface area contributed by atoms with Gasteiger partial charge in [0.15, 0.2) is 0 Å². The Kier molecular flexibility index (Phi) is 6.67. The molecule has 1 fully saturated rings. The second-order valence-corrected chi connectivity index (χ2v) is 9.05. The lowest BCUT2D eigenvalue weighted by atomic mass is 9.77. The number of halogens is 1. The predicted octanol–water partition coefficient (Wildman–Crippen LogP) is 8.27. The summed E-state index contributed by atoms with van der Waals surface area (Å²) in [4.78, 5) is 0. The summed E-state index contributed by atoms with van der Waals surface area (Å²) < 4.78 is 14.9. The van der Waals surface area contributed by atoms with Crippen LogP contribution in [0.2, 0.25) is 0 Å². The summed E-state index contributed by atoms with van der Waals surface area (Å²) in [5, 5.41) is 0. The molecule has 3 aromatic rings. The van der Waals surface area contributed by atoms with Gasteiger partial charge in [-0.3, -0.25) is 0 Å². The van der Waals surface area contributed by atoms with Crippen LogP contribution in [0.1, 0.15) is 67.2 Å². The number of aryl methyl sites for hydroxylation is 3. The third-order valence-corrected chi connectivity index (χ3v) is 6.98. The fourth-order valence-electron chi connectivity index (χ4n) is 4.82. The Balaban J connectivity index is 1.40. The van der Waals surface area contributed by atoms with Gasteiger partial charge in [-0.1, -0.05) is 79.6 Å². The highest BCUT2D eigenvalue weighted by Crippen LogP contribution is 2.38. The van der Waals surface area contributed by atoms with E-state index in [-0.39, 0.29) is 5.82 Å². The standard InChI is InChI=1S/C29H33F/c1-3-22-10-14-25(15-11-22)27-18-19-28(29(30)20-27)26-16-12-24(13-17-26)9-8-23-6-4-21(2)5-7-23/h4-7,12-13,16-20,22,25H,3,8-11,14-15H2,1-2H3. The number of hydrogen-bond donors (Lipinski definition) is 0. The molecule has 0 saturated heterocycles. The lowest BCUT2D eigenvalue weighted by molar-refractivity contribution is 0.318. The number of hydrogen-bond acceptors (Lipinski definition) is 0. The summed E-state index contributed by atoms with van der Waals surface area (Å²) in [7, 11) is 0. The van der Waals surface area contributed by atoms with Gasteiger partial charge in [0.1, 0.15) is 5.82 Å². The first kappa shape index (κ1) is 20.8. The Morgan fingerprint density at radius 3 is 1.93 bits per heavy atom. The maximum Gasteiger partial charge on any atom is 0.131 e. The third kappa shape index (κ3) is 5.01. The van der Waals surface area contributed by atoms with Gasteiger partial charge in [0, 0.05) is 5.56 Å². The molecule has 0 amide bonds. The maximum absolute atomic E-state index is 14.9. The lowest BCUT2D eigenvalue weighted by Crippen LogP contribution is -2.12. The lowest BCUT2D eigenvalue weighted by Gasteiger charge is -2.28. The minimum Gasteiger partial charge on any atom is -0.206 e. The van der Waals surface area contributed by atoms with Crippen LogP contribution in [0.4, 0.5) is 4.39 Å². The van der Waals surface area contributed by atoms with Gasteiger partial charge in [0.25, 0.3) is 0 Å².